The molecule has 0 saturated carbocycles. The number of amides is 2. The standard InChI is InChI=1S/C20H25N3O4/c1-19(2,3)27-18(25)23-12-15(10-21)9-20(23)13-22(17(20)24)11-14-5-7-16(26-4)8-6-14/h5-8,15H,9,11-13H2,1-4H3/t15-,20?/m1/s1. The Labute approximate surface area is 159 Å². The number of ether oxygens (including phenoxy) is 2. The lowest BCUT2D eigenvalue weighted by molar-refractivity contribution is -0.161. The second kappa shape index (κ2) is 6.76. The number of benzene rings is 1. The molecule has 7 heteroatoms. The van der Waals surface area contributed by atoms with Crippen molar-refractivity contribution in [2.45, 2.75) is 44.9 Å². The van der Waals surface area contributed by atoms with Gasteiger partial charge >= 0.3 is 6.09 Å². The minimum absolute atomic E-state index is 0.123. The van der Waals surface area contributed by atoms with Gasteiger partial charge in [-0.1, -0.05) is 12.1 Å². The average Bonchev–Trinajstić information content (AvgIpc) is 3.02. The van der Waals surface area contributed by atoms with Gasteiger partial charge in [0.1, 0.15) is 16.9 Å². The van der Waals surface area contributed by atoms with Crippen LogP contribution in [-0.4, -0.2) is 53.1 Å². The van der Waals surface area contributed by atoms with Gasteiger partial charge in [0, 0.05) is 13.1 Å². The minimum atomic E-state index is -0.949. The summed E-state index contributed by atoms with van der Waals surface area (Å²) < 4.78 is 10.6. The molecule has 0 aromatic heterocycles. The minimum Gasteiger partial charge on any atom is -0.497 e. The van der Waals surface area contributed by atoms with Crippen molar-refractivity contribution in [3.63, 3.8) is 0 Å². The highest BCUT2D eigenvalue weighted by Crippen LogP contribution is 2.42. The van der Waals surface area contributed by atoms with Crippen LogP contribution in [-0.2, 0) is 16.1 Å². The van der Waals surface area contributed by atoms with E-state index in [0.29, 0.717) is 19.5 Å². The fourth-order valence-electron chi connectivity index (χ4n) is 3.72. The molecule has 2 saturated heterocycles. The zero-order chi connectivity index (χ0) is 19.8. The van der Waals surface area contributed by atoms with Gasteiger partial charge in [0.25, 0.3) is 5.91 Å². The monoisotopic (exact) mass is 371 g/mol. The number of rotatable bonds is 3. The van der Waals surface area contributed by atoms with E-state index < -0.39 is 17.2 Å². The Morgan fingerprint density at radius 2 is 2.00 bits per heavy atom. The summed E-state index contributed by atoms with van der Waals surface area (Å²) >= 11 is 0. The molecule has 27 heavy (non-hydrogen) atoms. The molecule has 3 rings (SSSR count). The highest BCUT2D eigenvalue weighted by Gasteiger charge is 2.62. The third kappa shape index (κ3) is 3.57. The van der Waals surface area contributed by atoms with Gasteiger partial charge in [0.2, 0.25) is 0 Å². The molecule has 2 atom stereocenters. The third-order valence-corrected chi connectivity index (χ3v) is 4.97. The number of hydrogen-bond acceptors (Lipinski definition) is 5. The summed E-state index contributed by atoms with van der Waals surface area (Å²) in [6.07, 6.45) is -0.168. The van der Waals surface area contributed by atoms with E-state index in [4.69, 9.17) is 9.47 Å². The molecule has 1 spiro atoms. The number of carbonyl (C=O) groups excluding carboxylic acids is 2. The quantitative estimate of drug-likeness (QED) is 0.763. The van der Waals surface area contributed by atoms with Crippen LogP contribution < -0.4 is 4.74 Å². The topological polar surface area (TPSA) is 82.9 Å². The van der Waals surface area contributed by atoms with Crippen molar-refractivity contribution < 1.29 is 19.1 Å². The molecule has 144 valence electrons. The number of nitriles is 1. The van der Waals surface area contributed by atoms with Crippen LogP contribution in [0.4, 0.5) is 4.79 Å². The smallest absolute Gasteiger partial charge is 0.411 e. The molecule has 1 aromatic carbocycles. The van der Waals surface area contributed by atoms with Gasteiger partial charge in [0.15, 0.2) is 0 Å². The Balaban J connectivity index is 1.73. The number of carbonyl (C=O) groups is 2. The van der Waals surface area contributed by atoms with Gasteiger partial charge in [-0.05, 0) is 44.9 Å². The Hall–Kier alpha value is -2.75. The van der Waals surface area contributed by atoms with Crippen LogP contribution in [0.2, 0.25) is 0 Å². The Bertz CT molecular complexity index is 778. The largest absolute Gasteiger partial charge is 0.497 e. The van der Waals surface area contributed by atoms with Gasteiger partial charge in [-0.2, -0.15) is 5.26 Å². The molecule has 2 aliphatic heterocycles. The number of likely N-dealkylation sites (tertiary alicyclic amines) is 2. The second-order valence-corrected chi connectivity index (χ2v) is 8.16. The maximum Gasteiger partial charge on any atom is 0.411 e. The van der Waals surface area contributed by atoms with Crippen LogP contribution in [0.1, 0.15) is 32.8 Å². The van der Waals surface area contributed by atoms with E-state index >= 15 is 0 Å². The van der Waals surface area contributed by atoms with E-state index in [1.807, 2.05) is 24.3 Å². The highest BCUT2D eigenvalue weighted by atomic mass is 16.6. The summed E-state index contributed by atoms with van der Waals surface area (Å²) in [5.41, 5.74) is -0.619. The first-order valence-corrected chi connectivity index (χ1v) is 9.01. The van der Waals surface area contributed by atoms with Gasteiger partial charge in [0.05, 0.1) is 25.6 Å². The first-order valence-electron chi connectivity index (χ1n) is 9.01. The molecule has 0 bridgehead atoms. The second-order valence-electron chi connectivity index (χ2n) is 8.16. The zero-order valence-electron chi connectivity index (χ0n) is 16.2. The summed E-state index contributed by atoms with van der Waals surface area (Å²) in [5, 5.41) is 9.32. The van der Waals surface area contributed by atoms with Crippen molar-refractivity contribution in [1.29, 1.82) is 5.26 Å². The normalized spacial score (nSPS) is 24.6. The van der Waals surface area contributed by atoms with Crippen molar-refractivity contribution in [1.82, 2.24) is 9.80 Å². The SMILES string of the molecule is COc1ccc(CN2CC3(C[C@H](C#N)CN3C(=O)OC(C)(C)C)C2=O)cc1. The Morgan fingerprint density at radius 3 is 2.52 bits per heavy atom. The number of hydrogen-bond donors (Lipinski definition) is 0. The fourth-order valence-corrected chi connectivity index (χ4v) is 3.72. The average molecular weight is 371 g/mol. The van der Waals surface area contributed by atoms with Gasteiger partial charge < -0.3 is 14.4 Å². The van der Waals surface area contributed by atoms with E-state index in [2.05, 4.69) is 6.07 Å². The molecule has 7 nitrogen and oxygen atoms in total. The van der Waals surface area contributed by atoms with Gasteiger partial charge in [-0.25, -0.2) is 4.79 Å². The van der Waals surface area contributed by atoms with E-state index in [1.165, 1.54) is 4.90 Å². The molecule has 2 fully saturated rings. The molecule has 0 aliphatic carbocycles. The molecule has 2 aliphatic rings. The van der Waals surface area contributed by atoms with Crippen molar-refractivity contribution in [2.24, 2.45) is 5.92 Å². The third-order valence-electron chi connectivity index (χ3n) is 4.97. The zero-order valence-corrected chi connectivity index (χ0v) is 16.2. The van der Waals surface area contributed by atoms with Crippen LogP contribution in [0.5, 0.6) is 5.75 Å². The molecule has 0 radical (unpaired) electrons. The van der Waals surface area contributed by atoms with Crippen LogP contribution >= 0.6 is 0 Å². The number of methoxy groups -OCH3 is 1. The molecule has 2 heterocycles. The van der Waals surface area contributed by atoms with Crippen molar-refractivity contribution in [3.8, 4) is 11.8 Å². The molecular formula is C20H25N3O4. The van der Waals surface area contributed by atoms with Crippen LogP contribution in [0.3, 0.4) is 0 Å². The first kappa shape index (κ1) is 19.0. The fraction of sp³-hybridized carbons (Fsp3) is 0.550. The summed E-state index contributed by atoms with van der Waals surface area (Å²) in [5.74, 6) is 0.278. The maximum atomic E-state index is 13.0. The van der Waals surface area contributed by atoms with E-state index in [9.17, 15) is 14.9 Å². The molecule has 2 amide bonds. The summed E-state index contributed by atoms with van der Waals surface area (Å²) in [6.45, 7) is 6.46. The lowest BCUT2D eigenvalue weighted by Gasteiger charge is -2.50. The van der Waals surface area contributed by atoms with Crippen molar-refractivity contribution >= 4 is 12.0 Å². The number of β-lactam (4-membered cyclic amide) rings is 1. The molecule has 0 N–H and O–H groups in total. The summed E-state index contributed by atoms with van der Waals surface area (Å²) in [4.78, 5) is 28.8. The summed E-state index contributed by atoms with van der Waals surface area (Å²) in [6, 6.07) is 9.72. The van der Waals surface area contributed by atoms with E-state index in [-0.39, 0.29) is 18.4 Å². The Morgan fingerprint density at radius 1 is 1.33 bits per heavy atom. The van der Waals surface area contributed by atoms with Crippen molar-refractivity contribution in [2.75, 3.05) is 20.2 Å². The predicted octanol–water partition coefficient (Wildman–Crippen LogP) is 2.56. The van der Waals surface area contributed by atoms with Crippen LogP contribution in [0, 0.1) is 17.2 Å². The summed E-state index contributed by atoms with van der Waals surface area (Å²) in [7, 11) is 1.61. The van der Waals surface area contributed by atoms with Gasteiger partial charge in [-0.15, -0.1) is 0 Å². The van der Waals surface area contributed by atoms with Crippen LogP contribution in [0.15, 0.2) is 24.3 Å². The lowest BCUT2D eigenvalue weighted by atomic mass is 9.83. The van der Waals surface area contributed by atoms with Gasteiger partial charge in [-0.3, -0.25) is 9.69 Å². The first-order chi connectivity index (χ1) is 12.7. The van der Waals surface area contributed by atoms with Crippen molar-refractivity contribution in [3.05, 3.63) is 29.8 Å². The van der Waals surface area contributed by atoms with E-state index in [1.54, 1.807) is 32.8 Å². The molecule has 1 unspecified atom stereocenters. The number of nitrogens with zero attached hydrogens (tertiary/aromatic N) is 3. The highest BCUT2D eigenvalue weighted by molar-refractivity contribution is 5.96. The predicted molar refractivity (Wildman–Crippen MR) is 97.8 cm³/mol. The maximum absolute atomic E-state index is 13.0. The lowest BCUT2D eigenvalue weighted by Crippen LogP contribution is -2.72. The Kier molecular flexibility index (Phi) is 4.77. The van der Waals surface area contributed by atoms with Crippen LogP contribution in [0.25, 0.3) is 0 Å². The molecular weight excluding hydrogens is 346 g/mol. The molecule has 1 aromatic rings. The van der Waals surface area contributed by atoms with E-state index in [0.717, 1.165) is 11.3 Å².